The van der Waals surface area contributed by atoms with Crippen LogP contribution in [0.2, 0.25) is 0 Å². The Balaban J connectivity index is 0. The maximum absolute atomic E-state index is 12.1. The van der Waals surface area contributed by atoms with E-state index in [0.29, 0.717) is 12.5 Å². The van der Waals surface area contributed by atoms with Crippen LogP contribution in [0.5, 0.6) is 0 Å². The molecule has 0 heterocycles. The van der Waals surface area contributed by atoms with Gasteiger partial charge in [0.15, 0.2) is 5.96 Å². The number of ether oxygens (including phenoxy) is 2. The normalized spacial score (nSPS) is 13.7. The van der Waals surface area contributed by atoms with Crippen molar-refractivity contribution in [1.82, 2.24) is 15.5 Å². The lowest BCUT2D eigenvalue weighted by molar-refractivity contribution is 0.0264. The number of methoxy groups -OCH3 is 1. The van der Waals surface area contributed by atoms with Gasteiger partial charge in [-0.15, -0.1) is 24.0 Å². The Hall–Kier alpha value is -0.770. The maximum atomic E-state index is 12.1. The summed E-state index contributed by atoms with van der Waals surface area (Å²) in [5, 5.41) is 6.31. The molecule has 0 saturated heterocycles. The molecule has 1 atom stereocenters. The van der Waals surface area contributed by atoms with Gasteiger partial charge in [-0.2, -0.15) is 0 Å². The van der Waals surface area contributed by atoms with E-state index < -0.39 is 5.60 Å². The number of nitrogens with zero attached hydrogens (tertiary/aromatic N) is 2. The molecule has 0 saturated carbocycles. The van der Waals surface area contributed by atoms with Crippen molar-refractivity contribution >= 4 is 36.0 Å². The molecule has 0 spiro atoms. The van der Waals surface area contributed by atoms with Crippen molar-refractivity contribution in [3.63, 3.8) is 0 Å². The lowest BCUT2D eigenvalue weighted by atomic mass is 10.0. The van der Waals surface area contributed by atoms with Crippen molar-refractivity contribution < 1.29 is 14.3 Å². The van der Waals surface area contributed by atoms with E-state index in [2.05, 4.69) is 34.4 Å². The van der Waals surface area contributed by atoms with Crippen LogP contribution in [0.15, 0.2) is 4.99 Å². The molecule has 0 aromatic rings. The molecule has 0 aliphatic carbocycles. The summed E-state index contributed by atoms with van der Waals surface area (Å²) in [6.07, 6.45) is 0.421. The summed E-state index contributed by atoms with van der Waals surface area (Å²) in [6, 6.07) is 0.0285. The van der Waals surface area contributed by atoms with E-state index in [4.69, 9.17) is 9.47 Å². The molecule has 8 heteroatoms. The number of amides is 1. The lowest BCUT2D eigenvalue weighted by Gasteiger charge is -2.30. The van der Waals surface area contributed by atoms with Crippen LogP contribution < -0.4 is 10.6 Å². The topological polar surface area (TPSA) is 75.2 Å². The SMILES string of the molecule is CN=C(NCC(C)(C)OC)N(C)CCC(NC(=O)OC(C)(C)C)C(C)C.I. The van der Waals surface area contributed by atoms with Gasteiger partial charge >= 0.3 is 6.09 Å². The summed E-state index contributed by atoms with van der Waals surface area (Å²) >= 11 is 0. The Morgan fingerprint density at radius 2 is 1.74 bits per heavy atom. The monoisotopic (exact) mass is 500 g/mol. The first-order valence-corrected chi connectivity index (χ1v) is 9.27. The molecule has 1 unspecified atom stereocenters. The van der Waals surface area contributed by atoms with Crippen molar-refractivity contribution in [2.24, 2.45) is 10.9 Å². The van der Waals surface area contributed by atoms with Gasteiger partial charge in [-0.3, -0.25) is 4.99 Å². The second-order valence-electron chi connectivity index (χ2n) is 8.57. The molecule has 0 rings (SSSR count). The molecule has 7 nitrogen and oxygen atoms in total. The van der Waals surface area contributed by atoms with Gasteiger partial charge in [0, 0.05) is 40.3 Å². The van der Waals surface area contributed by atoms with E-state index in [1.165, 1.54) is 0 Å². The van der Waals surface area contributed by atoms with E-state index in [1.807, 2.05) is 41.7 Å². The maximum Gasteiger partial charge on any atom is 0.407 e. The van der Waals surface area contributed by atoms with Crippen LogP contribution in [-0.4, -0.2) is 68.5 Å². The minimum absolute atomic E-state index is 0. The standard InChI is InChI=1S/C19H40N4O3.HI/c1-14(2)15(22-17(24)26-18(3,4)5)11-12-23(9)16(20-8)21-13-19(6,7)25-10;/h14-15H,11-13H2,1-10H3,(H,20,21)(H,22,24);1H. The zero-order chi connectivity index (χ0) is 20.5. The van der Waals surface area contributed by atoms with Gasteiger partial charge in [-0.05, 0) is 47.0 Å². The van der Waals surface area contributed by atoms with Crippen molar-refractivity contribution in [2.45, 2.75) is 72.1 Å². The molecule has 0 aromatic heterocycles. The van der Waals surface area contributed by atoms with Crippen LogP contribution in [0.25, 0.3) is 0 Å². The Kier molecular flexibility index (Phi) is 13.3. The third-order valence-corrected chi connectivity index (χ3v) is 4.08. The molecule has 0 aliphatic heterocycles. The summed E-state index contributed by atoms with van der Waals surface area (Å²) in [4.78, 5) is 18.4. The number of alkyl carbamates (subject to hydrolysis) is 1. The Morgan fingerprint density at radius 1 is 1.19 bits per heavy atom. The minimum atomic E-state index is -0.498. The first-order chi connectivity index (χ1) is 11.8. The van der Waals surface area contributed by atoms with Gasteiger partial charge in [-0.25, -0.2) is 4.79 Å². The molecule has 0 fully saturated rings. The molecule has 27 heavy (non-hydrogen) atoms. The van der Waals surface area contributed by atoms with Crippen molar-refractivity contribution in [2.75, 3.05) is 34.3 Å². The highest BCUT2D eigenvalue weighted by molar-refractivity contribution is 14.0. The predicted octanol–water partition coefficient (Wildman–Crippen LogP) is 3.48. The number of carbonyl (C=O) groups excluding carboxylic acids is 1. The Bertz CT molecular complexity index is 462. The number of halogens is 1. The van der Waals surface area contributed by atoms with Gasteiger partial charge in [0.1, 0.15) is 5.60 Å². The second-order valence-corrected chi connectivity index (χ2v) is 8.57. The number of hydrogen-bond acceptors (Lipinski definition) is 4. The highest BCUT2D eigenvalue weighted by Crippen LogP contribution is 2.11. The van der Waals surface area contributed by atoms with E-state index in [9.17, 15) is 4.79 Å². The predicted molar refractivity (Wildman–Crippen MR) is 123 cm³/mol. The number of carbonyl (C=O) groups is 1. The Labute approximate surface area is 183 Å². The van der Waals surface area contributed by atoms with Crippen LogP contribution in [0.4, 0.5) is 4.79 Å². The van der Waals surface area contributed by atoms with Crippen molar-refractivity contribution in [3.8, 4) is 0 Å². The van der Waals surface area contributed by atoms with Crippen LogP contribution in [0.3, 0.4) is 0 Å². The Morgan fingerprint density at radius 3 is 2.15 bits per heavy atom. The van der Waals surface area contributed by atoms with E-state index in [-0.39, 0.29) is 41.7 Å². The fourth-order valence-electron chi connectivity index (χ4n) is 2.22. The van der Waals surface area contributed by atoms with Crippen molar-refractivity contribution in [1.29, 1.82) is 0 Å². The zero-order valence-electron chi connectivity index (χ0n) is 18.8. The van der Waals surface area contributed by atoms with Gasteiger partial charge in [0.05, 0.1) is 5.60 Å². The molecule has 0 aliphatic rings. The number of guanidine groups is 1. The summed E-state index contributed by atoms with van der Waals surface area (Å²) < 4.78 is 10.8. The third-order valence-electron chi connectivity index (χ3n) is 4.08. The smallest absolute Gasteiger partial charge is 0.407 e. The first kappa shape index (κ1) is 28.4. The van der Waals surface area contributed by atoms with Gasteiger partial charge < -0.3 is 25.0 Å². The highest BCUT2D eigenvalue weighted by Gasteiger charge is 2.22. The molecule has 162 valence electrons. The van der Waals surface area contributed by atoms with Crippen LogP contribution >= 0.6 is 24.0 Å². The van der Waals surface area contributed by atoms with E-state index in [1.54, 1.807) is 14.2 Å². The van der Waals surface area contributed by atoms with E-state index >= 15 is 0 Å². The summed E-state index contributed by atoms with van der Waals surface area (Å²) in [7, 11) is 5.45. The quantitative estimate of drug-likeness (QED) is 0.303. The lowest BCUT2D eigenvalue weighted by Crippen LogP contribution is -2.48. The molecule has 1 amide bonds. The molecule has 0 aromatic carbocycles. The first-order valence-electron chi connectivity index (χ1n) is 9.27. The zero-order valence-corrected chi connectivity index (χ0v) is 21.1. The molecule has 0 radical (unpaired) electrons. The summed E-state index contributed by atoms with van der Waals surface area (Å²) in [6.45, 7) is 15.2. The molecule has 2 N–H and O–H groups in total. The molecular weight excluding hydrogens is 459 g/mol. The number of aliphatic imine (C=N–C) groups is 1. The number of nitrogens with one attached hydrogen (secondary N) is 2. The molecular formula is C19H41IN4O3. The average Bonchev–Trinajstić information content (AvgIpc) is 2.49. The van der Waals surface area contributed by atoms with Gasteiger partial charge in [0.2, 0.25) is 0 Å². The molecule has 0 bridgehead atoms. The second kappa shape index (κ2) is 12.6. The van der Waals surface area contributed by atoms with Crippen molar-refractivity contribution in [3.05, 3.63) is 0 Å². The minimum Gasteiger partial charge on any atom is -0.444 e. The van der Waals surface area contributed by atoms with E-state index in [0.717, 1.165) is 18.9 Å². The third kappa shape index (κ3) is 13.1. The van der Waals surface area contributed by atoms with Crippen LogP contribution in [-0.2, 0) is 9.47 Å². The number of rotatable bonds is 8. The summed E-state index contributed by atoms with van der Waals surface area (Å²) in [5.41, 5.74) is -0.766. The van der Waals surface area contributed by atoms with Crippen LogP contribution in [0.1, 0.15) is 54.9 Å². The van der Waals surface area contributed by atoms with Gasteiger partial charge in [0.25, 0.3) is 0 Å². The number of hydrogen-bond donors (Lipinski definition) is 2. The van der Waals surface area contributed by atoms with Crippen LogP contribution in [0, 0.1) is 5.92 Å². The van der Waals surface area contributed by atoms with Gasteiger partial charge in [-0.1, -0.05) is 13.8 Å². The average molecular weight is 500 g/mol. The highest BCUT2D eigenvalue weighted by atomic mass is 127. The fourth-order valence-corrected chi connectivity index (χ4v) is 2.22. The fraction of sp³-hybridized carbons (Fsp3) is 0.895. The largest absolute Gasteiger partial charge is 0.444 e. The summed E-state index contributed by atoms with van der Waals surface area (Å²) in [5.74, 6) is 1.10.